The molecule has 4 aliphatic rings. The number of ketones is 2. The molecule has 0 aliphatic heterocycles. The van der Waals surface area contributed by atoms with Crippen LogP contribution in [-0.4, -0.2) is 46.9 Å². The molecule has 0 aromatic carbocycles. The lowest BCUT2D eigenvalue weighted by molar-refractivity contribution is -0.173. The Morgan fingerprint density at radius 2 is 1.75 bits per heavy atom. The van der Waals surface area contributed by atoms with Gasteiger partial charge in [0.1, 0.15) is 11.7 Å². The second kappa shape index (κ2) is 7.79. The van der Waals surface area contributed by atoms with E-state index in [1.807, 2.05) is 6.92 Å². The Bertz CT molecular complexity index is 891. The van der Waals surface area contributed by atoms with E-state index in [2.05, 4.69) is 6.92 Å². The molecule has 176 valence electrons. The highest BCUT2D eigenvalue weighted by molar-refractivity contribution is 5.92. The highest BCUT2D eigenvalue weighted by Crippen LogP contribution is 2.67. The zero-order valence-corrected chi connectivity index (χ0v) is 19.4. The van der Waals surface area contributed by atoms with Gasteiger partial charge in [0, 0.05) is 25.7 Å². The van der Waals surface area contributed by atoms with Crippen molar-refractivity contribution in [2.45, 2.75) is 84.3 Å². The van der Waals surface area contributed by atoms with Crippen LogP contribution in [0.4, 0.5) is 0 Å². The van der Waals surface area contributed by atoms with Crippen LogP contribution < -0.4 is 0 Å². The van der Waals surface area contributed by atoms with E-state index in [1.165, 1.54) is 13.8 Å². The Morgan fingerprint density at radius 1 is 1.06 bits per heavy atom. The summed E-state index contributed by atoms with van der Waals surface area (Å²) in [6.45, 7) is 6.41. The molecule has 0 aromatic rings. The van der Waals surface area contributed by atoms with Crippen LogP contribution in [0.25, 0.3) is 0 Å². The van der Waals surface area contributed by atoms with Gasteiger partial charge in [-0.1, -0.05) is 13.8 Å². The molecule has 0 heterocycles. The molecular formula is C25H34O7. The molecule has 0 bridgehead atoms. The maximum Gasteiger partial charge on any atom is 0.303 e. The van der Waals surface area contributed by atoms with Gasteiger partial charge in [-0.2, -0.15) is 0 Å². The fourth-order valence-corrected chi connectivity index (χ4v) is 7.65. The molecule has 4 rings (SSSR count). The molecule has 3 saturated carbocycles. The number of ether oxygens (including phenoxy) is 2. The quantitative estimate of drug-likeness (QED) is 0.662. The van der Waals surface area contributed by atoms with Gasteiger partial charge in [-0.15, -0.1) is 0 Å². The van der Waals surface area contributed by atoms with Gasteiger partial charge >= 0.3 is 11.9 Å². The standard InChI is InChI=1S/C25H34O7/c1-14(26)31-13-22(29)25(30)10-7-19-17-12-21(32-15(2)27)20-11-16(28)5-8-23(20,3)18(17)6-9-24(19,25)4/h11,17-19,21,30H,5-10,12-13H2,1-4H3/t17-,18+,19+,21+,23+,24-,25+/m0/s1. The normalized spacial score (nSPS) is 42.8. The molecule has 32 heavy (non-hydrogen) atoms. The number of hydrogen-bond donors (Lipinski definition) is 1. The van der Waals surface area contributed by atoms with Crippen molar-refractivity contribution in [1.82, 2.24) is 0 Å². The number of Topliss-reactive ketones (excluding diaryl/α,β-unsaturated/α-hetero) is 1. The summed E-state index contributed by atoms with van der Waals surface area (Å²) < 4.78 is 10.6. The van der Waals surface area contributed by atoms with Crippen LogP contribution in [0.2, 0.25) is 0 Å². The van der Waals surface area contributed by atoms with Gasteiger partial charge in [0.15, 0.2) is 12.4 Å². The van der Waals surface area contributed by atoms with E-state index in [9.17, 15) is 24.3 Å². The third-order valence-electron chi connectivity index (χ3n) is 9.28. The smallest absolute Gasteiger partial charge is 0.303 e. The van der Waals surface area contributed by atoms with Crippen molar-refractivity contribution in [2.24, 2.45) is 28.6 Å². The van der Waals surface area contributed by atoms with Gasteiger partial charge in [-0.3, -0.25) is 19.2 Å². The van der Waals surface area contributed by atoms with E-state index in [1.54, 1.807) is 6.08 Å². The molecule has 0 unspecified atom stereocenters. The van der Waals surface area contributed by atoms with E-state index in [0.29, 0.717) is 38.0 Å². The Labute approximate surface area is 188 Å². The summed E-state index contributed by atoms with van der Waals surface area (Å²) in [5.74, 6) is -0.699. The molecule has 0 saturated heterocycles. The van der Waals surface area contributed by atoms with Crippen LogP contribution in [0.3, 0.4) is 0 Å². The van der Waals surface area contributed by atoms with Gasteiger partial charge in [0.05, 0.1) is 0 Å². The average Bonchev–Trinajstić information content (AvgIpc) is 2.99. The van der Waals surface area contributed by atoms with E-state index in [4.69, 9.17) is 9.47 Å². The Morgan fingerprint density at radius 3 is 2.41 bits per heavy atom. The van der Waals surface area contributed by atoms with Crippen LogP contribution in [0.1, 0.15) is 72.6 Å². The highest BCUT2D eigenvalue weighted by Gasteiger charge is 2.67. The van der Waals surface area contributed by atoms with E-state index >= 15 is 0 Å². The first-order chi connectivity index (χ1) is 14.9. The van der Waals surface area contributed by atoms with Crippen molar-refractivity contribution in [2.75, 3.05) is 6.61 Å². The monoisotopic (exact) mass is 446 g/mol. The molecular weight excluding hydrogens is 412 g/mol. The molecule has 0 amide bonds. The molecule has 3 fully saturated rings. The first-order valence-corrected chi connectivity index (χ1v) is 11.7. The maximum atomic E-state index is 13.0. The minimum Gasteiger partial charge on any atom is -0.458 e. The maximum absolute atomic E-state index is 13.0. The molecule has 7 atom stereocenters. The number of aliphatic hydroxyl groups is 1. The topological polar surface area (TPSA) is 107 Å². The largest absolute Gasteiger partial charge is 0.458 e. The van der Waals surface area contributed by atoms with Crippen molar-refractivity contribution in [3.63, 3.8) is 0 Å². The first-order valence-electron chi connectivity index (χ1n) is 11.7. The number of carbonyl (C=O) groups excluding carboxylic acids is 4. The van der Waals surface area contributed by atoms with Crippen LogP contribution >= 0.6 is 0 Å². The van der Waals surface area contributed by atoms with Gasteiger partial charge < -0.3 is 14.6 Å². The minimum atomic E-state index is -1.53. The summed E-state index contributed by atoms with van der Waals surface area (Å²) in [7, 11) is 0. The summed E-state index contributed by atoms with van der Waals surface area (Å²) in [5, 5.41) is 11.6. The van der Waals surface area contributed by atoms with Crippen molar-refractivity contribution in [3.05, 3.63) is 11.6 Å². The lowest BCUT2D eigenvalue weighted by Crippen LogP contribution is -2.59. The minimum absolute atomic E-state index is 0.0834. The molecule has 4 aliphatic carbocycles. The number of esters is 2. The summed E-state index contributed by atoms with van der Waals surface area (Å²) in [4.78, 5) is 48.3. The van der Waals surface area contributed by atoms with Gasteiger partial charge in [0.25, 0.3) is 0 Å². The SMILES string of the molecule is CC(=O)OCC(=O)[C@]1(O)CC[C@@H]2[C@H]3C[C@@H](OC(C)=O)C4=CC(=O)CC[C@]4(C)[C@@H]3CC[C@@]21C. The summed E-state index contributed by atoms with van der Waals surface area (Å²) in [6, 6.07) is 0. The zero-order chi connectivity index (χ0) is 23.5. The Balaban J connectivity index is 1.67. The summed E-state index contributed by atoms with van der Waals surface area (Å²) in [5.41, 5.74) is -1.46. The van der Waals surface area contributed by atoms with Crippen LogP contribution in [0.15, 0.2) is 11.6 Å². The van der Waals surface area contributed by atoms with Crippen molar-refractivity contribution in [3.8, 4) is 0 Å². The molecule has 0 radical (unpaired) electrons. The second-order valence-corrected chi connectivity index (χ2v) is 10.8. The molecule has 7 nitrogen and oxygen atoms in total. The molecule has 7 heteroatoms. The fourth-order valence-electron chi connectivity index (χ4n) is 7.65. The zero-order valence-electron chi connectivity index (χ0n) is 19.4. The molecule has 0 spiro atoms. The average molecular weight is 447 g/mol. The van der Waals surface area contributed by atoms with Crippen LogP contribution in [-0.2, 0) is 28.7 Å². The lowest BCUT2D eigenvalue weighted by atomic mass is 9.45. The van der Waals surface area contributed by atoms with Crippen LogP contribution in [0.5, 0.6) is 0 Å². The van der Waals surface area contributed by atoms with Crippen LogP contribution in [0, 0.1) is 28.6 Å². The summed E-state index contributed by atoms with van der Waals surface area (Å²) >= 11 is 0. The third kappa shape index (κ3) is 3.35. The molecule has 0 aromatic heterocycles. The molecule has 1 N–H and O–H groups in total. The Kier molecular flexibility index (Phi) is 5.63. The van der Waals surface area contributed by atoms with Gasteiger partial charge in [-0.25, -0.2) is 0 Å². The van der Waals surface area contributed by atoms with Crippen molar-refractivity contribution in [1.29, 1.82) is 0 Å². The summed E-state index contributed by atoms with van der Waals surface area (Å²) in [6.07, 6.45) is 5.64. The van der Waals surface area contributed by atoms with Gasteiger partial charge in [-0.05, 0) is 73.3 Å². The van der Waals surface area contributed by atoms with E-state index in [-0.39, 0.29) is 29.0 Å². The van der Waals surface area contributed by atoms with Crippen molar-refractivity contribution < 1.29 is 33.8 Å². The first kappa shape index (κ1) is 23.1. The predicted octanol–water partition coefficient (Wildman–Crippen LogP) is 2.92. The highest BCUT2D eigenvalue weighted by atomic mass is 16.5. The van der Waals surface area contributed by atoms with Crippen molar-refractivity contribution >= 4 is 23.5 Å². The van der Waals surface area contributed by atoms with E-state index < -0.39 is 35.5 Å². The fraction of sp³-hybridized carbons (Fsp3) is 0.760. The lowest BCUT2D eigenvalue weighted by Gasteiger charge is -2.60. The number of rotatable bonds is 4. The number of hydrogen-bond acceptors (Lipinski definition) is 7. The Hall–Kier alpha value is -2.02. The van der Waals surface area contributed by atoms with Gasteiger partial charge in [0.2, 0.25) is 5.78 Å². The number of carbonyl (C=O) groups is 4. The predicted molar refractivity (Wildman–Crippen MR) is 114 cm³/mol. The van der Waals surface area contributed by atoms with E-state index in [0.717, 1.165) is 18.4 Å². The number of fused-ring (bicyclic) bond motifs is 5. The third-order valence-corrected chi connectivity index (χ3v) is 9.28. The second-order valence-electron chi connectivity index (χ2n) is 10.8.